The fourth-order valence-corrected chi connectivity index (χ4v) is 5.43. The molecule has 216 valence electrons. The van der Waals surface area contributed by atoms with Crippen LogP contribution in [0.3, 0.4) is 0 Å². The molecule has 3 rings (SSSR count). The molecule has 1 amide bonds. The van der Waals surface area contributed by atoms with Gasteiger partial charge < -0.3 is 24.4 Å². The van der Waals surface area contributed by atoms with Crippen LogP contribution in [-0.2, 0) is 27.4 Å². The van der Waals surface area contributed by atoms with E-state index in [9.17, 15) is 32.7 Å². The average Bonchev–Trinajstić information content (AvgIpc) is 3.51. The minimum atomic E-state index is -5.18. The number of carbonyl (C=O) groups excluding carboxylic acids is 2. The number of benzene rings is 1. The Hall–Kier alpha value is -3.08. The summed E-state index contributed by atoms with van der Waals surface area (Å²) in [6.45, 7) is 8.82. The number of esters is 1. The molecule has 0 saturated carbocycles. The minimum absolute atomic E-state index is 0.0264. The van der Waals surface area contributed by atoms with Gasteiger partial charge in [0.1, 0.15) is 12.4 Å². The number of cyclic esters (lactones) is 1. The molecule has 1 fully saturated rings. The van der Waals surface area contributed by atoms with Crippen molar-refractivity contribution in [3.05, 3.63) is 33.9 Å². The lowest BCUT2D eigenvalue weighted by atomic mass is 9.91. The van der Waals surface area contributed by atoms with Crippen molar-refractivity contribution in [3.8, 4) is 5.75 Å². The van der Waals surface area contributed by atoms with E-state index in [1.165, 1.54) is 21.0 Å². The second-order valence-electron chi connectivity index (χ2n) is 10.5. The molecule has 0 radical (unpaired) electrons. The van der Waals surface area contributed by atoms with E-state index in [1.807, 2.05) is 0 Å². The molecule has 0 aliphatic carbocycles. The van der Waals surface area contributed by atoms with Crippen LogP contribution in [0.5, 0.6) is 5.75 Å². The Morgan fingerprint density at radius 2 is 1.87 bits per heavy atom. The highest BCUT2D eigenvalue weighted by Crippen LogP contribution is 2.44. The van der Waals surface area contributed by atoms with E-state index in [0.717, 1.165) is 31.5 Å². The Kier molecular flexibility index (Phi) is 9.69. The number of methoxy groups -OCH3 is 1. The Morgan fingerprint density at radius 1 is 1.23 bits per heavy atom. The zero-order valence-corrected chi connectivity index (χ0v) is 23.1. The molecule has 1 aromatic carbocycles. The molecule has 39 heavy (non-hydrogen) atoms. The van der Waals surface area contributed by atoms with Gasteiger partial charge >= 0.3 is 24.0 Å². The van der Waals surface area contributed by atoms with Crippen LogP contribution in [0.4, 0.5) is 18.9 Å². The maximum absolute atomic E-state index is 13.7. The van der Waals surface area contributed by atoms with Crippen LogP contribution in [-0.4, -0.2) is 66.8 Å². The van der Waals surface area contributed by atoms with Gasteiger partial charge in [-0.15, -0.1) is 0 Å². The maximum Gasteiger partial charge on any atom is 0.471 e. The minimum Gasteiger partial charge on any atom is -0.496 e. The predicted molar refractivity (Wildman–Crippen MR) is 139 cm³/mol. The van der Waals surface area contributed by atoms with Gasteiger partial charge in [-0.3, -0.25) is 9.59 Å². The summed E-state index contributed by atoms with van der Waals surface area (Å²) in [6.07, 6.45) is -0.445. The molecule has 2 heterocycles. The number of carboxylic acid groups (broad SMARTS) is 1. The Bertz CT molecular complexity index is 1140. The molecule has 0 spiro atoms. The summed E-state index contributed by atoms with van der Waals surface area (Å²) < 4.78 is 51.9. The lowest BCUT2D eigenvalue weighted by Crippen LogP contribution is -2.46. The highest BCUT2D eigenvalue weighted by molar-refractivity contribution is 6.08. The fraction of sp³-hybridized carbons (Fsp3) is 0.607. The fourth-order valence-electron chi connectivity index (χ4n) is 5.43. The molecule has 1 unspecified atom stereocenters. The van der Waals surface area contributed by atoms with Crippen LogP contribution in [0.15, 0.2) is 11.6 Å². The zero-order chi connectivity index (χ0) is 29.1. The second-order valence-corrected chi connectivity index (χ2v) is 10.5. The maximum atomic E-state index is 13.7. The summed E-state index contributed by atoms with van der Waals surface area (Å²) in [5.41, 5.74) is 1.64. The Morgan fingerprint density at radius 3 is 2.41 bits per heavy atom. The third-order valence-electron chi connectivity index (χ3n) is 7.43. The van der Waals surface area contributed by atoms with Gasteiger partial charge in [-0.2, -0.15) is 13.2 Å². The molecule has 0 bridgehead atoms. The number of hydrogen-bond acceptors (Lipinski definition) is 6. The van der Waals surface area contributed by atoms with E-state index in [4.69, 9.17) is 9.47 Å². The molecule has 8 nitrogen and oxygen atoms in total. The highest BCUT2D eigenvalue weighted by Gasteiger charge is 2.47. The molecule has 11 heteroatoms. The number of hydrogen-bond donors (Lipinski definition) is 1. The molecular weight excluding hydrogens is 517 g/mol. The van der Waals surface area contributed by atoms with Crippen molar-refractivity contribution in [1.82, 2.24) is 4.90 Å². The van der Waals surface area contributed by atoms with Crippen LogP contribution in [0.2, 0.25) is 0 Å². The highest BCUT2D eigenvalue weighted by atomic mass is 19.4. The zero-order valence-electron chi connectivity index (χ0n) is 23.1. The Labute approximate surface area is 226 Å². The molecule has 2 aliphatic heterocycles. The SMILES string of the molecule is COc1c(C)c2c(c(N(C(=O)C(F)(F)F)C(C)C)c1C/C=C(\C)CC(CCN1CCCC1)C(=O)O)C(=O)OC2. The molecule has 1 saturated heterocycles. The van der Waals surface area contributed by atoms with E-state index in [-0.39, 0.29) is 42.0 Å². The largest absolute Gasteiger partial charge is 0.496 e. The van der Waals surface area contributed by atoms with E-state index >= 15 is 0 Å². The topological polar surface area (TPSA) is 96.4 Å². The molecule has 2 aliphatic rings. The first-order valence-corrected chi connectivity index (χ1v) is 13.2. The number of allylic oxidation sites excluding steroid dienone is 2. The first-order chi connectivity index (χ1) is 18.3. The summed E-state index contributed by atoms with van der Waals surface area (Å²) in [5, 5.41) is 9.78. The van der Waals surface area contributed by atoms with Gasteiger partial charge in [0.25, 0.3) is 0 Å². The van der Waals surface area contributed by atoms with Crippen LogP contribution < -0.4 is 9.64 Å². The van der Waals surface area contributed by atoms with E-state index in [0.29, 0.717) is 29.0 Å². The number of aliphatic carboxylic acids is 1. The van der Waals surface area contributed by atoms with Crippen molar-refractivity contribution in [1.29, 1.82) is 0 Å². The average molecular weight is 555 g/mol. The quantitative estimate of drug-likeness (QED) is 0.302. The third kappa shape index (κ3) is 6.74. The van der Waals surface area contributed by atoms with Crippen molar-refractivity contribution in [3.63, 3.8) is 0 Å². The van der Waals surface area contributed by atoms with Crippen molar-refractivity contribution in [2.75, 3.05) is 31.6 Å². The number of halogens is 3. The Balaban J connectivity index is 2.03. The summed E-state index contributed by atoms with van der Waals surface area (Å²) in [5.74, 6) is -4.16. The van der Waals surface area contributed by atoms with Crippen molar-refractivity contribution >= 4 is 23.5 Å². The number of likely N-dealkylation sites (tertiary alicyclic amines) is 1. The third-order valence-corrected chi connectivity index (χ3v) is 7.43. The number of carbonyl (C=O) groups is 3. The van der Waals surface area contributed by atoms with Crippen LogP contribution in [0.1, 0.15) is 73.5 Å². The van der Waals surface area contributed by atoms with Gasteiger partial charge in [0.2, 0.25) is 0 Å². The number of amides is 1. The van der Waals surface area contributed by atoms with E-state index in [2.05, 4.69) is 4.90 Å². The lowest BCUT2D eigenvalue weighted by Gasteiger charge is -2.32. The summed E-state index contributed by atoms with van der Waals surface area (Å²) in [6, 6.07) is -0.935. The van der Waals surface area contributed by atoms with Crippen LogP contribution in [0, 0.1) is 12.8 Å². The van der Waals surface area contributed by atoms with Gasteiger partial charge in [-0.25, -0.2) is 4.79 Å². The molecule has 1 atom stereocenters. The van der Waals surface area contributed by atoms with Crippen LogP contribution >= 0.6 is 0 Å². The molecule has 0 aromatic heterocycles. The van der Waals surface area contributed by atoms with Crippen molar-refractivity contribution in [2.45, 2.75) is 78.6 Å². The number of fused-ring (bicyclic) bond motifs is 1. The summed E-state index contributed by atoms with van der Waals surface area (Å²) in [7, 11) is 1.38. The van der Waals surface area contributed by atoms with Gasteiger partial charge in [0.15, 0.2) is 0 Å². The number of ether oxygens (including phenoxy) is 2. The number of anilines is 1. The summed E-state index contributed by atoms with van der Waals surface area (Å²) >= 11 is 0. The number of carboxylic acids is 1. The number of rotatable bonds is 11. The van der Waals surface area contributed by atoms with Gasteiger partial charge in [-0.05, 0) is 85.0 Å². The number of alkyl halides is 3. The second kappa shape index (κ2) is 12.4. The van der Waals surface area contributed by atoms with Crippen LogP contribution in [0.25, 0.3) is 0 Å². The molecule has 1 N–H and O–H groups in total. The molecule has 1 aromatic rings. The predicted octanol–water partition coefficient (Wildman–Crippen LogP) is 5.04. The first kappa shape index (κ1) is 30.5. The standard InChI is InChI=1S/C28H37F3N2O6/c1-16(2)33(27(37)28(29,30)31)23-20(24(38-5)18(4)21-15-39-26(36)22(21)23)9-8-17(3)14-19(25(34)35)10-13-32-11-6-7-12-32/h8,16,19H,6-7,9-15H2,1-5H3,(H,34,35)/b17-8+. The van der Waals surface area contributed by atoms with E-state index < -0.39 is 36.0 Å². The van der Waals surface area contributed by atoms with E-state index in [1.54, 1.807) is 19.9 Å². The lowest BCUT2D eigenvalue weighted by molar-refractivity contribution is -0.170. The molecular formula is C28H37F3N2O6. The monoisotopic (exact) mass is 554 g/mol. The van der Waals surface area contributed by atoms with Crippen molar-refractivity contribution < 1.29 is 42.1 Å². The normalized spacial score (nSPS) is 16.8. The smallest absolute Gasteiger partial charge is 0.471 e. The number of nitrogens with zero attached hydrogens (tertiary/aromatic N) is 2. The van der Waals surface area contributed by atoms with Gasteiger partial charge in [0.05, 0.1) is 24.3 Å². The van der Waals surface area contributed by atoms with Crippen molar-refractivity contribution in [2.24, 2.45) is 5.92 Å². The van der Waals surface area contributed by atoms with Gasteiger partial charge in [0, 0.05) is 17.2 Å². The first-order valence-electron chi connectivity index (χ1n) is 13.2. The summed E-state index contributed by atoms with van der Waals surface area (Å²) in [4.78, 5) is 40.1. The van der Waals surface area contributed by atoms with Gasteiger partial charge in [-0.1, -0.05) is 11.6 Å².